The van der Waals surface area contributed by atoms with Crippen molar-refractivity contribution in [3.8, 4) is 0 Å². The molecule has 5 heteroatoms. The first-order chi connectivity index (χ1) is 7.59. The topological polar surface area (TPSA) is 60.9 Å². The van der Waals surface area contributed by atoms with Gasteiger partial charge < -0.3 is 14.9 Å². The Bertz CT molecular complexity index is 300. The minimum absolute atomic E-state index is 0.0214. The summed E-state index contributed by atoms with van der Waals surface area (Å²) in [6.45, 7) is 4.48. The zero-order valence-electron chi connectivity index (χ0n) is 9.56. The second-order valence-electron chi connectivity index (χ2n) is 4.80. The molecule has 5 nitrogen and oxygen atoms in total. The van der Waals surface area contributed by atoms with E-state index < -0.39 is 11.9 Å². The number of carboxylic acid groups (broad SMARTS) is 1. The fraction of sp³-hybridized carbons (Fsp3) is 0.818. The van der Waals surface area contributed by atoms with Gasteiger partial charge in [0, 0.05) is 26.2 Å². The number of carbonyl (C=O) groups is 2. The third kappa shape index (κ3) is 1.99. The second kappa shape index (κ2) is 4.31. The molecule has 2 atom stereocenters. The molecule has 0 unspecified atom stereocenters. The van der Waals surface area contributed by atoms with Crippen LogP contribution in [0.15, 0.2) is 0 Å². The van der Waals surface area contributed by atoms with E-state index >= 15 is 0 Å². The van der Waals surface area contributed by atoms with E-state index in [-0.39, 0.29) is 11.9 Å². The highest BCUT2D eigenvalue weighted by Crippen LogP contribution is 2.25. The molecule has 0 aliphatic carbocycles. The number of carboxylic acids is 1. The van der Waals surface area contributed by atoms with E-state index in [1.165, 1.54) is 0 Å². The third-order valence-electron chi connectivity index (χ3n) is 3.58. The van der Waals surface area contributed by atoms with Crippen LogP contribution in [0.4, 0.5) is 4.79 Å². The standard InChI is InChI=1S/C11H18N2O3/c1-8-6-13(7-9(8)10(14)15)11(16)12-4-2-3-5-12/h8-9H,2-7H2,1H3,(H,14,15)/t8-,9-/m1/s1. The van der Waals surface area contributed by atoms with Crippen LogP contribution in [-0.4, -0.2) is 53.1 Å². The van der Waals surface area contributed by atoms with Crippen molar-refractivity contribution in [3.05, 3.63) is 0 Å². The van der Waals surface area contributed by atoms with Gasteiger partial charge in [-0.3, -0.25) is 4.79 Å². The molecule has 16 heavy (non-hydrogen) atoms. The Labute approximate surface area is 95.0 Å². The maximum absolute atomic E-state index is 12.0. The van der Waals surface area contributed by atoms with Gasteiger partial charge >= 0.3 is 12.0 Å². The number of hydrogen-bond donors (Lipinski definition) is 1. The molecule has 0 radical (unpaired) electrons. The molecule has 2 saturated heterocycles. The molecule has 2 fully saturated rings. The minimum Gasteiger partial charge on any atom is -0.481 e. The monoisotopic (exact) mass is 226 g/mol. The van der Waals surface area contributed by atoms with Crippen molar-refractivity contribution in [2.24, 2.45) is 11.8 Å². The van der Waals surface area contributed by atoms with Gasteiger partial charge in [0.25, 0.3) is 0 Å². The van der Waals surface area contributed by atoms with E-state index in [1.807, 2.05) is 11.8 Å². The number of amides is 2. The number of carbonyl (C=O) groups excluding carboxylic acids is 1. The molecular weight excluding hydrogens is 208 g/mol. The second-order valence-corrected chi connectivity index (χ2v) is 4.80. The van der Waals surface area contributed by atoms with Crippen LogP contribution >= 0.6 is 0 Å². The quantitative estimate of drug-likeness (QED) is 0.721. The molecule has 1 N–H and O–H groups in total. The smallest absolute Gasteiger partial charge is 0.320 e. The molecule has 2 rings (SSSR count). The first kappa shape index (κ1) is 11.2. The molecule has 0 spiro atoms. The van der Waals surface area contributed by atoms with Gasteiger partial charge in [0.2, 0.25) is 0 Å². The van der Waals surface area contributed by atoms with Crippen molar-refractivity contribution in [2.75, 3.05) is 26.2 Å². The van der Waals surface area contributed by atoms with Crippen LogP contribution in [0.25, 0.3) is 0 Å². The molecule has 2 heterocycles. The summed E-state index contributed by atoms with van der Waals surface area (Å²) in [5.74, 6) is -1.13. The molecular formula is C11H18N2O3. The zero-order chi connectivity index (χ0) is 11.7. The Hall–Kier alpha value is -1.26. The lowest BCUT2D eigenvalue weighted by atomic mass is 9.99. The lowest BCUT2D eigenvalue weighted by molar-refractivity contribution is -0.142. The van der Waals surface area contributed by atoms with Crippen LogP contribution in [0.5, 0.6) is 0 Å². The fourth-order valence-corrected chi connectivity index (χ4v) is 2.55. The number of nitrogens with zero attached hydrogens (tertiary/aromatic N) is 2. The summed E-state index contributed by atoms with van der Waals surface area (Å²) in [4.78, 5) is 26.5. The number of aliphatic carboxylic acids is 1. The Morgan fingerprint density at radius 2 is 1.75 bits per heavy atom. The van der Waals surface area contributed by atoms with Crippen molar-refractivity contribution in [1.29, 1.82) is 0 Å². The van der Waals surface area contributed by atoms with Crippen molar-refractivity contribution in [1.82, 2.24) is 9.80 Å². The SMILES string of the molecule is C[C@@H]1CN(C(=O)N2CCCC2)C[C@H]1C(=O)O. The zero-order valence-corrected chi connectivity index (χ0v) is 9.56. The van der Waals surface area contributed by atoms with Crippen LogP contribution in [0.2, 0.25) is 0 Å². The van der Waals surface area contributed by atoms with Crippen LogP contribution in [0.1, 0.15) is 19.8 Å². The Balaban J connectivity index is 1.96. The first-order valence-corrected chi connectivity index (χ1v) is 5.86. The van der Waals surface area contributed by atoms with Gasteiger partial charge in [-0.05, 0) is 18.8 Å². The van der Waals surface area contributed by atoms with Crippen LogP contribution in [0.3, 0.4) is 0 Å². The van der Waals surface area contributed by atoms with Crippen molar-refractivity contribution >= 4 is 12.0 Å². The van der Waals surface area contributed by atoms with E-state index in [1.54, 1.807) is 4.90 Å². The number of hydrogen-bond acceptors (Lipinski definition) is 2. The largest absolute Gasteiger partial charge is 0.481 e. The molecule has 2 aliphatic heterocycles. The number of urea groups is 1. The summed E-state index contributed by atoms with van der Waals surface area (Å²) in [5, 5.41) is 9.00. The lowest BCUT2D eigenvalue weighted by Crippen LogP contribution is -2.40. The molecule has 0 aromatic heterocycles. The van der Waals surface area contributed by atoms with E-state index in [2.05, 4.69) is 0 Å². The highest BCUT2D eigenvalue weighted by Gasteiger charge is 2.38. The molecule has 0 aromatic rings. The minimum atomic E-state index is -0.788. The average Bonchev–Trinajstić information content (AvgIpc) is 2.84. The summed E-state index contributed by atoms with van der Waals surface area (Å²) >= 11 is 0. The van der Waals surface area contributed by atoms with Crippen LogP contribution in [-0.2, 0) is 4.79 Å². The van der Waals surface area contributed by atoms with Crippen LogP contribution in [0, 0.1) is 11.8 Å². The predicted octanol–water partition coefficient (Wildman–Crippen LogP) is 0.855. The lowest BCUT2D eigenvalue weighted by Gasteiger charge is -2.23. The summed E-state index contributed by atoms with van der Waals surface area (Å²) in [6, 6.07) is 0.0214. The first-order valence-electron chi connectivity index (χ1n) is 5.86. The van der Waals surface area contributed by atoms with Crippen molar-refractivity contribution in [3.63, 3.8) is 0 Å². The predicted molar refractivity (Wildman–Crippen MR) is 58.1 cm³/mol. The van der Waals surface area contributed by atoms with E-state index in [9.17, 15) is 9.59 Å². The van der Waals surface area contributed by atoms with E-state index in [0.717, 1.165) is 25.9 Å². The normalized spacial score (nSPS) is 29.8. The Kier molecular flexibility index (Phi) is 3.03. The molecule has 2 amide bonds. The van der Waals surface area contributed by atoms with Gasteiger partial charge in [0.05, 0.1) is 5.92 Å². The highest BCUT2D eigenvalue weighted by molar-refractivity contribution is 5.78. The molecule has 0 bridgehead atoms. The number of likely N-dealkylation sites (tertiary alicyclic amines) is 2. The van der Waals surface area contributed by atoms with Gasteiger partial charge in [-0.2, -0.15) is 0 Å². The van der Waals surface area contributed by atoms with Crippen molar-refractivity contribution in [2.45, 2.75) is 19.8 Å². The average molecular weight is 226 g/mol. The number of rotatable bonds is 1. The van der Waals surface area contributed by atoms with Crippen molar-refractivity contribution < 1.29 is 14.7 Å². The fourth-order valence-electron chi connectivity index (χ4n) is 2.55. The Morgan fingerprint density at radius 1 is 1.12 bits per heavy atom. The molecule has 0 aromatic carbocycles. The summed E-state index contributed by atoms with van der Waals surface area (Å²) in [6.07, 6.45) is 2.13. The molecule has 90 valence electrons. The van der Waals surface area contributed by atoms with E-state index in [0.29, 0.717) is 13.1 Å². The maximum Gasteiger partial charge on any atom is 0.320 e. The summed E-state index contributed by atoms with van der Waals surface area (Å²) in [7, 11) is 0. The van der Waals surface area contributed by atoms with Gasteiger partial charge in [-0.15, -0.1) is 0 Å². The summed E-state index contributed by atoms with van der Waals surface area (Å²) < 4.78 is 0. The van der Waals surface area contributed by atoms with Gasteiger partial charge in [0.15, 0.2) is 0 Å². The third-order valence-corrected chi connectivity index (χ3v) is 3.58. The molecule has 2 aliphatic rings. The Morgan fingerprint density at radius 3 is 2.25 bits per heavy atom. The molecule has 0 saturated carbocycles. The highest BCUT2D eigenvalue weighted by atomic mass is 16.4. The van der Waals surface area contributed by atoms with Gasteiger partial charge in [-0.25, -0.2) is 4.79 Å². The van der Waals surface area contributed by atoms with Crippen LogP contribution < -0.4 is 0 Å². The van der Waals surface area contributed by atoms with Gasteiger partial charge in [-0.1, -0.05) is 6.92 Å². The van der Waals surface area contributed by atoms with Gasteiger partial charge in [0.1, 0.15) is 0 Å². The maximum atomic E-state index is 12.0. The summed E-state index contributed by atoms with van der Waals surface area (Å²) in [5.41, 5.74) is 0. The van der Waals surface area contributed by atoms with E-state index in [4.69, 9.17) is 5.11 Å².